The van der Waals surface area contributed by atoms with Gasteiger partial charge in [0, 0.05) is 36.9 Å². The Kier molecular flexibility index (Phi) is 6.95. The highest BCUT2D eigenvalue weighted by Crippen LogP contribution is 2.40. The van der Waals surface area contributed by atoms with Crippen LogP contribution in [-0.2, 0) is 0 Å². The van der Waals surface area contributed by atoms with E-state index in [2.05, 4.69) is 67.7 Å². The van der Waals surface area contributed by atoms with Crippen LogP contribution in [0.1, 0.15) is 29.9 Å². The molecule has 0 bridgehead atoms. The van der Waals surface area contributed by atoms with E-state index in [0.717, 1.165) is 53.1 Å². The summed E-state index contributed by atoms with van der Waals surface area (Å²) in [4.78, 5) is 6.96. The van der Waals surface area contributed by atoms with Crippen molar-refractivity contribution in [3.05, 3.63) is 109 Å². The second-order valence-corrected chi connectivity index (χ2v) is 8.83. The molecular formula is C28H29N5OS. The molecule has 1 aliphatic rings. The van der Waals surface area contributed by atoms with E-state index in [1.807, 2.05) is 54.7 Å². The minimum absolute atomic E-state index is 0.0194. The molecule has 1 aliphatic heterocycles. The number of aromatic nitrogens is 2. The van der Waals surface area contributed by atoms with Crippen molar-refractivity contribution in [3.63, 3.8) is 0 Å². The quantitative estimate of drug-likeness (QED) is 0.247. The highest BCUT2D eigenvalue weighted by molar-refractivity contribution is 7.80. The first-order valence-corrected chi connectivity index (χ1v) is 12.2. The van der Waals surface area contributed by atoms with Gasteiger partial charge in [-0.1, -0.05) is 36.4 Å². The number of benzene rings is 2. The predicted molar refractivity (Wildman–Crippen MR) is 144 cm³/mol. The van der Waals surface area contributed by atoms with Crippen molar-refractivity contribution >= 4 is 23.0 Å². The van der Waals surface area contributed by atoms with Crippen LogP contribution < -0.4 is 15.4 Å². The maximum atomic E-state index is 5.85. The van der Waals surface area contributed by atoms with Crippen LogP contribution in [0.25, 0.3) is 5.69 Å². The van der Waals surface area contributed by atoms with Crippen molar-refractivity contribution in [2.24, 2.45) is 0 Å². The van der Waals surface area contributed by atoms with Crippen LogP contribution in [0.3, 0.4) is 0 Å². The Morgan fingerprint density at radius 3 is 2.57 bits per heavy atom. The van der Waals surface area contributed by atoms with Crippen LogP contribution in [0, 0.1) is 0 Å². The van der Waals surface area contributed by atoms with Crippen LogP contribution in [0.15, 0.2) is 97.3 Å². The zero-order valence-electron chi connectivity index (χ0n) is 19.7. The average Bonchev–Trinajstić information content (AvgIpc) is 3.52. The van der Waals surface area contributed by atoms with Crippen LogP contribution in [0.4, 0.5) is 5.69 Å². The number of hydrogen-bond acceptors (Lipinski definition) is 4. The van der Waals surface area contributed by atoms with Crippen molar-refractivity contribution in [2.75, 3.05) is 25.5 Å². The van der Waals surface area contributed by atoms with E-state index in [0.29, 0.717) is 0 Å². The summed E-state index contributed by atoms with van der Waals surface area (Å²) < 4.78 is 7.87. The fourth-order valence-electron chi connectivity index (χ4n) is 4.69. The standard InChI is InChI=1S/C28H29N5OS/c1-34-25-16-6-5-14-23(25)32-19-9-15-24(32)27-26(22-13-7-8-17-30-22)31-28(35)33(27)20-10-18-29-21-11-3-2-4-12-21/h2-9,11-17,19,26-27,29H,10,18,20H2,1H3,(H,31,35). The summed E-state index contributed by atoms with van der Waals surface area (Å²) >= 11 is 5.85. The third-order valence-electron chi connectivity index (χ3n) is 6.30. The normalized spacial score (nSPS) is 17.3. The summed E-state index contributed by atoms with van der Waals surface area (Å²) in [5.74, 6) is 0.825. The maximum absolute atomic E-state index is 5.85. The number of thiocarbonyl (C=S) groups is 1. The molecule has 178 valence electrons. The lowest BCUT2D eigenvalue weighted by Crippen LogP contribution is -2.32. The van der Waals surface area contributed by atoms with Gasteiger partial charge in [-0.15, -0.1) is 0 Å². The first kappa shape index (κ1) is 22.9. The Hall–Kier alpha value is -3.84. The highest BCUT2D eigenvalue weighted by atomic mass is 32.1. The largest absolute Gasteiger partial charge is 0.495 e. The Labute approximate surface area is 211 Å². The van der Waals surface area contributed by atoms with Crippen LogP contribution >= 0.6 is 12.2 Å². The predicted octanol–water partition coefficient (Wildman–Crippen LogP) is 5.36. The molecule has 5 rings (SSSR count). The number of anilines is 1. The first-order valence-electron chi connectivity index (χ1n) is 11.8. The fourth-order valence-corrected chi connectivity index (χ4v) is 5.02. The molecule has 0 aliphatic carbocycles. The summed E-state index contributed by atoms with van der Waals surface area (Å²) in [6.07, 6.45) is 4.86. The van der Waals surface area contributed by atoms with E-state index < -0.39 is 0 Å². The zero-order valence-corrected chi connectivity index (χ0v) is 20.5. The SMILES string of the molecule is COc1ccccc1-n1cccc1C1C(c2ccccn2)NC(=S)N1CCCNc1ccccc1. The molecule has 2 unspecified atom stereocenters. The van der Waals surface area contributed by atoms with Gasteiger partial charge >= 0.3 is 0 Å². The van der Waals surface area contributed by atoms with Crippen molar-refractivity contribution in [1.82, 2.24) is 19.8 Å². The van der Waals surface area contributed by atoms with Crippen molar-refractivity contribution in [2.45, 2.75) is 18.5 Å². The Bertz CT molecular complexity index is 1260. The molecule has 0 radical (unpaired) electrons. The Morgan fingerprint density at radius 2 is 1.77 bits per heavy atom. The van der Waals surface area contributed by atoms with Gasteiger partial charge in [-0.3, -0.25) is 4.98 Å². The second-order valence-electron chi connectivity index (χ2n) is 8.44. The van der Waals surface area contributed by atoms with E-state index in [1.54, 1.807) is 7.11 Å². The number of ether oxygens (including phenoxy) is 1. The number of nitrogens with one attached hydrogen (secondary N) is 2. The number of rotatable bonds is 9. The number of methoxy groups -OCH3 is 1. The molecule has 0 amide bonds. The molecule has 7 heteroatoms. The summed E-state index contributed by atoms with van der Waals surface area (Å²) in [5, 5.41) is 7.81. The third-order valence-corrected chi connectivity index (χ3v) is 6.66. The van der Waals surface area contributed by atoms with E-state index in [9.17, 15) is 0 Å². The molecule has 0 spiro atoms. The van der Waals surface area contributed by atoms with Gasteiger partial charge in [-0.2, -0.15) is 0 Å². The van der Waals surface area contributed by atoms with E-state index in [4.69, 9.17) is 17.0 Å². The van der Waals surface area contributed by atoms with E-state index in [1.165, 1.54) is 0 Å². The average molecular weight is 484 g/mol. The number of hydrogen-bond donors (Lipinski definition) is 2. The summed E-state index contributed by atoms with van der Waals surface area (Å²) in [5.41, 5.74) is 4.23. The Morgan fingerprint density at radius 1 is 0.971 bits per heavy atom. The Balaban J connectivity index is 1.45. The van der Waals surface area contributed by atoms with Crippen LogP contribution in [0.5, 0.6) is 5.75 Å². The van der Waals surface area contributed by atoms with Crippen molar-refractivity contribution in [3.8, 4) is 11.4 Å². The number of pyridine rings is 1. The highest BCUT2D eigenvalue weighted by Gasteiger charge is 2.41. The van der Waals surface area contributed by atoms with Gasteiger partial charge in [0.2, 0.25) is 0 Å². The molecule has 0 saturated carbocycles. The third kappa shape index (κ3) is 4.86. The summed E-state index contributed by atoms with van der Waals surface area (Å²) in [6, 6.07) is 28.5. The lowest BCUT2D eigenvalue weighted by atomic mass is 10.0. The maximum Gasteiger partial charge on any atom is 0.170 e. The molecule has 1 saturated heterocycles. The summed E-state index contributed by atoms with van der Waals surface area (Å²) in [7, 11) is 1.71. The topological polar surface area (TPSA) is 54.4 Å². The smallest absolute Gasteiger partial charge is 0.170 e. The van der Waals surface area contributed by atoms with Crippen LogP contribution in [0.2, 0.25) is 0 Å². The molecule has 35 heavy (non-hydrogen) atoms. The molecule has 2 atom stereocenters. The monoisotopic (exact) mass is 483 g/mol. The first-order chi connectivity index (χ1) is 17.3. The molecule has 4 aromatic rings. The van der Waals surface area contributed by atoms with Gasteiger partial charge in [0.05, 0.1) is 30.6 Å². The van der Waals surface area contributed by atoms with Gasteiger partial charge in [-0.05, 0) is 67.2 Å². The minimum Gasteiger partial charge on any atom is -0.495 e. The van der Waals surface area contributed by atoms with Gasteiger partial charge < -0.3 is 24.8 Å². The fraction of sp³-hybridized carbons (Fsp3) is 0.214. The van der Waals surface area contributed by atoms with Crippen molar-refractivity contribution in [1.29, 1.82) is 0 Å². The molecule has 1 fully saturated rings. The van der Waals surface area contributed by atoms with Crippen LogP contribution in [-0.4, -0.2) is 39.8 Å². The van der Waals surface area contributed by atoms with E-state index in [-0.39, 0.29) is 12.1 Å². The second kappa shape index (κ2) is 10.6. The van der Waals surface area contributed by atoms with Gasteiger partial charge in [0.15, 0.2) is 5.11 Å². The minimum atomic E-state index is -0.0610. The van der Waals surface area contributed by atoms with Gasteiger partial charge in [0.25, 0.3) is 0 Å². The molecule has 2 N–H and O–H groups in total. The molecule has 6 nitrogen and oxygen atoms in total. The van der Waals surface area contributed by atoms with Gasteiger partial charge in [-0.25, -0.2) is 0 Å². The number of nitrogens with zero attached hydrogens (tertiary/aromatic N) is 3. The molecule has 2 aromatic heterocycles. The van der Waals surface area contributed by atoms with E-state index >= 15 is 0 Å². The lowest BCUT2D eigenvalue weighted by Gasteiger charge is -2.29. The lowest BCUT2D eigenvalue weighted by molar-refractivity contribution is 0.307. The zero-order chi connectivity index (χ0) is 24.0. The molecular weight excluding hydrogens is 454 g/mol. The van der Waals surface area contributed by atoms with Crippen molar-refractivity contribution < 1.29 is 4.74 Å². The number of para-hydroxylation sites is 3. The molecule has 3 heterocycles. The molecule has 2 aromatic carbocycles. The van der Waals surface area contributed by atoms with Gasteiger partial charge in [0.1, 0.15) is 5.75 Å². The summed E-state index contributed by atoms with van der Waals surface area (Å²) in [6.45, 7) is 1.67.